The number of carbonyl (C=O) groups excluding carboxylic acids is 1. The Morgan fingerprint density at radius 3 is 2.52 bits per heavy atom. The maximum absolute atomic E-state index is 11.9. The fourth-order valence-corrected chi connectivity index (χ4v) is 2.00. The second-order valence-electron chi connectivity index (χ2n) is 6.28. The topological polar surface area (TPSA) is 94.4 Å². The van der Waals surface area contributed by atoms with Crippen LogP contribution in [0, 0.1) is 11.3 Å². The molecule has 6 nitrogen and oxygen atoms in total. The molecule has 0 aliphatic rings. The standard InChI is InChI=1S/C17H25N3O3/c1-17(2,3)23-16(22)20-15(12-19-8-9-21)10-13-4-6-14(11-18)7-5-13/h4-7,15,19,21H,8-10,12H2,1-3H3,(H,20,22)/t15-/m1/s1. The summed E-state index contributed by atoms with van der Waals surface area (Å²) in [5.74, 6) is 0. The summed E-state index contributed by atoms with van der Waals surface area (Å²) in [6.07, 6.45) is 0.130. The first-order valence-corrected chi connectivity index (χ1v) is 7.64. The lowest BCUT2D eigenvalue weighted by Crippen LogP contribution is -2.45. The van der Waals surface area contributed by atoms with E-state index in [1.54, 1.807) is 12.1 Å². The van der Waals surface area contributed by atoms with E-state index in [4.69, 9.17) is 15.1 Å². The molecule has 0 fully saturated rings. The number of alkyl carbamates (subject to hydrolysis) is 1. The van der Waals surface area contributed by atoms with Crippen molar-refractivity contribution in [2.24, 2.45) is 0 Å². The van der Waals surface area contributed by atoms with Crippen molar-refractivity contribution in [1.82, 2.24) is 10.6 Å². The third-order valence-electron chi connectivity index (χ3n) is 2.97. The van der Waals surface area contributed by atoms with E-state index in [1.807, 2.05) is 32.9 Å². The molecule has 1 atom stereocenters. The number of hydrogen-bond donors (Lipinski definition) is 3. The Bertz CT molecular complexity index is 529. The van der Waals surface area contributed by atoms with Crippen LogP contribution >= 0.6 is 0 Å². The molecule has 0 aromatic heterocycles. The number of nitriles is 1. The van der Waals surface area contributed by atoms with E-state index in [0.29, 0.717) is 25.1 Å². The summed E-state index contributed by atoms with van der Waals surface area (Å²) >= 11 is 0. The molecule has 0 aliphatic heterocycles. The van der Waals surface area contributed by atoms with Crippen LogP contribution in [0.15, 0.2) is 24.3 Å². The van der Waals surface area contributed by atoms with Crippen molar-refractivity contribution in [3.8, 4) is 6.07 Å². The molecule has 0 saturated carbocycles. The second kappa shape index (κ2) is 9.13. The maximum Gasteiger partial charge on any atom is 0.407 e. The number of aliphatic hydroxyl groups excluding tert-OH is 1. The van der Waals surface area contributed by atoms with Crippen LogP contribution in [0.1, 0.15) is 31.9 Å². The predicted octanol–water partition coefficient (Wildman–Crippen LogP) is 1.58. The third-order valence-corrected chi connectivity index (χ3v) is 2.97. The number of nitrogens with one attached hydrogen (secondary N) is 2. The first-order chi connectivity index (χ1) is 10.8. The van der Waals surface area contributed by atoms with Crippen LogP contribution in [0.3, 0.4) is 0 Å². The van der Waals surface area contributed by atoms with Crippen molar-refractivity contribution < 1.29 is 14.6 Å². The molecular weight excluding hydrogens is 294 g/mol. The largest absolute Gasteiger partial charge is 0.444 e. The molecule has 126 valence electrons. The van der Waals surface area contributed by atoms with Gasteiger partial charge in [-0.25, -0.2) is 4.79 Å². The van der Waals surface area contributed by atoms with Gasteiger partial charge in [-0.15, -0.1) is 0 Å². The lowest BCUT2D eigenvalue weighted by atomic mass is 10.0. The second-order valence-corrected chi connectivity index (χ2v) is 6.28. The monoisotopic (exact) mass is 319 g/mol. The van der Waals surface area contributed by atoms with Crippen LogP contribution in [0.4, 0.5) is 4.79 Å². The van der Waals surface area contributed by atoms with Crippen LogP contribution < -0.4 is 10.6 Å². The summed E-state index contributed by atoms with van der Waals surface area (Å²) in [4.78, 5) is 11.9. The van der Waals surface area contributed by atoms with Crippen LogP contribution in [-0.2, 0) is 11.2 Å². The quantitative estimate of drug-likeness (QED) is 0.663. The molecule has 0 bridgehead atoms. The Labute approximate surface area is 137 Å². The first kappa shape index (κ1) is 18.9. The molecule has 1 aromatic rings. The molecule has 0 heterocycles. The highest BCUT2D eigenvalue weighted by atomic mass is 16.6. The van der Waals surface area contributed by atoms with E-state index >= 15 is 0 Å². The fraction of sp³-hybridized carbons (Fsp3) is 0.529. The van der Waals surface area contributed by atoms with Gasteiger partial charge in [-0.2, -0.15) is 5.26 Å². The van der Waals surface area contributed by atoms with Gasteiger partial charge in [-0.3, -0.25) is 0 Å². The molecule has 1 rings (SSSR count). The van der Waals surface area contributed by atoms with Gasteiger partial charge in [0.2, 0.25) is 0 Å². The van der Waals surface area contributed by atoms with E-state index in [2.05, 4.69) is 16.7 Å². The zero-order valence-corrected chi connectivity index (χ0v) is 13.9. The van der Waals surface area contributed by atoms with Crippen LogP contribution in [0.25, 0.3) is 0 Å². The number of amides is 1. The number of ether oxygens (including phenoxy) is 1. The molecule has 6 heteroatoms. The van der Waals surface area contributed by atoms with E-state index in [9.17, 15) is 4.79 Å². The molecule has 1 aromatic carbocycles. The van der Waals surface area contributed by atoms with Gasteiger partial charge in [0.25, 0.3) is 0 Å². The molecule has 0 unspecified atom stereocenters. The normalized spacial score (nSPS) is 12.3. The Morgan fingerprint density at radius 2 is 2.00 bits per heavy atom. The van der Waals surface area contributed by atoms with Crippen LogP contribution in [0.5, 0.6) is 0 Å². The summed E-state index contributed by atoms with van der Waals surface area (Å²) in [5, 5.41) is 23.6. The van der Waals surface area contributed by atoms with Gasteiger partial charge in [0.05, 0.1) is 18.2 Å². The van der Waals surface area contributed by atoms with Crippen LogP contribution in [0.2, 0.25) is 0 Å². The molecule has 0 spiro atoms. The zero-order valence-electron chi connectivity index (χ0n) is 13.9. The summed E-state index contributed by atoms with van der Waals surface area (Å²) in [7, 11) is 0. The number of nitrogens with zero attached hydrogens (tertiary/aromatic N) is 1. The SMILES string of the molecule is CC(C)(C)OC(=O)N[C@@H](CNCCO)Cc1ccc(C#N)cc1. The average molecular weight is 319 g/mol. The van der Waals surface area contributed by atoms with Gasteiger partial charge >= 0.3 is 6.09 Å². The Hall–Kier alpha value is -2.10. The molecule has 1 amide bonds. The van der Waals surface area contributed by atoms with Gasteiger partial charge in [0.15, 0.2) is 0 Å². The summed E-state index contributed by atoms with van der Waals surface area (Å²) < 4.78 is 5.28. The van der Waals surface area contributed by atoms with E-state index in [-0.39, 0.29) is 12.6 Å². The van der Waals surface area contributed by atoms with Crippen molar-refractivity contribution in [3.05, 3.63) is 35.4 Å². The summed E-state index contributed by atoms with van der Waals surface area (Å²) in [5.41, 5.74) is 1.06. The average Bonchev–Trinajstić information content (AvgIpc) is 2.46. The van der Waals surface area contributed by atoms with E-state index < -0.39 is 11.7 Å². The Balaban J connectivity index is 2.67. The highest BCUT2D eigenvalue weighted by Gasteiger charge is 2.19. The molecule has 0 aliphatic carbocycles. The molecule has 0 radical (unpaired) electrons. The Morgan fingerprint density at radius 1 is 1.35 bits per heavy atom. The number of benzene rings is 1. The van der Waals surface area contributed by atoms with Crippen molar-refractivity contribution in [2.75, 3.05) is 19.7 Å². The molecule has 23 heavy (non-hydrogen) atoms. The van der Waals surface area contributed by atoms with Gasteiger partial charge in [-0.1, -0.05) is 12.1 Å². The van der Waals surface area contributed by atoms with Crippen molar-refractivity contribution in [1.29, 1.82) is 5.26 Å². The van der Waals surface area contributed by atoms with Gasteiger partial charge in [-0.05, 0) is 44.9 Å². The number of hydrogen-bond acceptors (Lipinski definition) is 5. The van der Waals surface area contributed by atoms with Gasteiger partial charge in [0, 0.05) is 19.1 Å². The smallest absolute Gasteiger partial charge is 0.407 e. The Kier molecular flexibility index (Phi) is 7.52. The predicted molar refractivity (Wildman–Crippen MR) is 88.0 cm³/mol. The highest BCUT2D eigenvalue weighted by Crippen LogP contribution is 2.09. The fourth-order valence-electron chi connectivity index (χ4n) is 2.00. The highest BCUT2D eigenvalue weighted by molar-refractivity contribution is 5.68. The lowest BCUT2D eigenvalue weighted by Gasteiger charge is -2.24. The number of aliphatic hydroxyl groups is 1. The van der Waals surface area contributed by atoms with E-state index in [1.165, 1.54) is 0 Å². The van der Waals surface area contributed by atoms with Crippen molar-refractivity contribution in [2.45, 2.75) is 38.8 Å². The number of carbonyl (C=O) groups is 1. The maximum atomic E-state index is 11.9. The third kappa shape index (κ3) is 8.19. The lowest BCUT2D eigenvalue weighted by molar-refractivity contribution is 0.0503. The minimum absolute atomic E-state index is 0.0377. The van der Waals surface area contributed by atoms with Crippen molar-refractivity contribution in [3.63, 3.8) is 0 Å². The van der Waals surface area contributed by atoms with E-state index in [0.717, 1.165) is 5.56 Å². The molecule has 3 N–H and O–H groups in total. The van der Waals surface area contributed by atoms with Crippen molar-refractivity contribution >= 4 is 6.09 Å². The van der Waals surface area contributed by atoms with Gasteiger partial charge < -0.3 is 20.5 Å². The first-order valence-electron chi connectivity index (χ1n) is 7.64. The summed E-state index contributed by atoms with van der Waals surface area (Å²) in [6, 6.07) is 9.14. The molecular formula is C17H25N3O3. The number of rotatable bonds is 7. The molecule has 0 saturated heterocycles. The van der Waals surface area contributed by atoms with Gasteiger partial charge in [0.1, 0.15) is 5.60 Å². The zero-order chi connectivity index (χ0) is 17.3. The van der Waals surface area contributed by atoms with Crippen LogP contribution in [-0.4, -0.2) is 42.5 Å². The summed E-state index contributed by atoms with van der Waals surface area (Å²) in [6.45, 7) is 6.44. The minimum Gasteiger partial charge on any atom is -0.444 e. The minimum atomic E-state index is -0.554.